The fourth-order valence-electron chi connectivity index (χ4n) is 3.37. The first-order chi connectivity index (χ1) is 16.0. The summed E-state index contributed by atoms with van der Waals surface area (Å²) in [6, 6.07) is 23.0. The first kappa shape index (κ1) is 23.4. The minimum atomic E-state index is -0.0839. The van der Waals surface area contributed by atoms with Gasteiger partial charge in [0.2, 0.25) is 0 Å². The van der Waals surface area contributed by atoms with Crippen molar-refractivity contribution in [1.29, 1.82) is 0 Å². The van der Waals surface area contributed by atoms with E-state index in [0.29, 0.717) is 39.6 Å². The first-order valence-electron chi connectivity index (χ1n) is 10.4. The molecule has 1 heterocycles. The third kappa shape index (κ3) is 5.77. The Balaban J connectivity index is 1.45. The van der Waals surface area contributed by atoms with Gasteiger partial charge >= 0.3 is 0 Å². The van der Waals surface area contributed by atoms with E-state index in [2.05, 4.69) is 0 Å². The molecule has 1 amide bonds. The molecule has 1 fully saturated rings. The van der Waals surface area contributed by atoms with Crippen LogP contribution < -0.4 is 9.47 Å². The number of hydrogen-bond donors (Lipinski definition) is 0. The van der Waals surface area contributed by atoms with Gasteiger partial charge in [-0.1, -0.05) is 84.1 Å². The van der Waals surface area contributed by atoms with Gasteiger partial charge in [-0.3, -0.25) is 9.69 Å². The largest absolute Gasteiger partial charge is 0.497 e. The molecule has 0 aromatic heterocycles. The average molecular weight is 496 g/mol. The Kier molecular flexibility index (Phi) is 7.70. The van der Waals surface area contributed by atoms with Crippen LogP contribution in [0.4, 0.5) is 0 Å². The van der Waals surface area contributed by atoms with Gasteiger partial charge in [0.05, 0.1) is 12.0 Å². The number of thiocarbonyl (C=S) groups is 1. The van der Waals surface area contributed by atoms with Gasteiger partial charge in [0, 0.05) is 22.7 Å². The van der Waals surface area contributed by atoms with Crippen LogP contribution in [-0.4, -0.2) is 28.8 Å². The molecule has 168 valence electrons. The second-order valence-corrected chi connectivity index (χ2v) is 9.43. The summed E-state index contributed by atoms with van der Waals surface area (Å²) in [5.74, 6) is 1.41. The molecule has 0 atom stereocenters. The third-order valence-corrected chi connectivity index (χ3v) is 6.95. The van der Waals surface area contributed by atoms with Crippen molar-refractivity contribution in [2.75, 3.05) is 13.7 Å². The molecule has 0 bridgehead atoms. The van der Waals surface area contributed by atoms with Crippen molar-refractivity contribution < 1.29 is 14.3 Å². The Morgan fingerprint density at radius 3 is 2.52 bits per heavy atom. The van der Waals surface area contributed by atoms with Gasteiger partial charge in [0.1, 0.15) is 22.4 Å². The molecule has 0 saturated carbocycles. The van der Waals surface area contributed by atoms with Gasteiger partial charge in [-0.2, -0.15) is 0 Å². The Bertz CT molecular complexity index is 1190. The molecule has 1 aliphatic heterocycles. The van der Waals surface area contributed by atoms with Crippen molar-refractivity contribution in [3.63, 3.8) is 0 Å². The Labute approximate surface area is 208 Å². The average Bonchev–Trinajstić information content (AvgIpc) is 3.10. The zero-order valence-electron chi connectivity index (χ0n) is 18.0. The van der Waals surface area contributed by atoms with E-state index in [0.717, 1.165) is 22.4 Å². The lowest BCUT2D eigenvalue weighted by molar-refractivity contribution is -0.122. The zero-order chi connectivity index (χ0) is 23.2. The topological polar surface area (TPSA) is 38.8 Å². The van der Waals surface area contributed by atoms with Crippen molar-refractivity contribution in [3.05, 3.63) is 99.4 Å². The van der Waals surface area contributed by atoms with Crippen molar-refractivity contribution in [2.45, 2.75) is 13.0 Å². The summed E-state index contributed by atoms with van der Waals surface area (Å²) >= 11 is 13.0. The highest BCUT2D eigenvalue weighted by Crippen LogP contribution is 2.34. The maximum absolute atomic E-state index is 13.0. The van der Waals surface area contributed by atoms with Gasteiger partial charge in [-0.05, 0) is 42.3 Å². The molecule has 0 unspecified atom stereocenters. The van der Waals surface area contributed by atoms with Crippen LogP contribution >= 0.6 is 35.6 Å². The van der Waals surface area contributed by atoms with E-state index in [1.165, 1.54) is 11.8 Å². The number of methoxy groups -OCH3 is 1. The van der Waals surface area contributed by atoms with Crippen molar-refractivity contribution in [3.8, 4) is 11.5 Å². The minimum absolute atomic E-state index is 0.0839. The highest BCUT2D eigenvalue weighted by Gasteiger charge is 2.31. The summed E-state index contributed by atoms with van der Waals surface area (Å²) in [6.45, 7) is 0.867. The molecule has 4 nitrogen and oxygen atoms in total. The molecular formula is C26H22ClNO3S2. The third-order valence-electron chi connectivity index (χ3n) is 5.20. The van der Waals surface area contributed by atoms with E-state index in [1.807, 2.05) is 78.9 Å². The summed E-state index contributed by atoms with van der Waals surface area (Å²) in [6.07, 6.45) is 2.55. The fourth-order valence-corrected chi connectivity index (χ4v) is 4.86. The molecule has 33 heavy (non-hydrogen) atoms. The monoisotopic (exact) mass is 495 g/mol. The van der Waals surface area contributed by atoms with Crippen LogP contribution in [0.25, 0.3) is 6.08 Å². The highest BCUT2D eigenvalue weighted by atomic mass is 35.5. The maximum Gasteiger partial charge on any atom is 0.266 e. The van der Waals surface area contributed by atoms with Crippen LogP contribution in [-0.2, 0) is 17.8 Å². The molecule has 0 N–H and O–H groups in total. The fraction of sp³-hybridized carbons (Fsp3) is 0.154. The van der Waals surface area contributed by atoms with Crippen LogP contribution in [0.5, 0.6) is 11.5 Å². The van der Waals surface area contributed by atoms with Crippen LogP contribution in [0, 0.1) is 0 Å². The summed E-state index contributed by atoms with van der Waals surface area (Å²) in [5.41, 5.74) is 2.84. The molecule has 0 aliphatic carbocycles. The van der Waals surface area contributed by atoms with Gasteiger partial charge in [0.15, 0.2) is 0 Å². The number of nitrogens with zero attached hydrogens (tertiary/aromatic N) is 1. The van der Waals surface area contributed by atoms with Crippen molar-refractivity contribution in [2.24, 2.45) is 0 Å². The number of hydrogen-bond acceptors (Lipinski definition) is 5. The normalized spacial score (nSPS) is 14.7. The van der Waals surface area contributed by atoms with Gasteiger partial charge in [-0.25, -0.2) is 0 Å². The number of rotatable bonds is 8. The van der Waals surface area contributed by atoms with E-state index in [9.17, 15) is 4.79 Å². The molecule has 1 aliphatic rings. The summed E-state index contributed by atoms with van der Waals surface area (Å²) in [7, 11) is 1.64. The standard InChI is InChI=1S/C26H22ClNO3S2/c1-30-21-12-10-18(11-13-21)14-15-28-25(29)24(33-26(28)32)16-19-6-3-5-9-23(19)31-17-20-7-2-4-8-22(20)27/h2-13,16H,14-15,17H2,1H3/b24-16-. The Hall–Kier alpha value is -2.80. The van der Waals surface area contributed by atoms with Crippen LogP contribution in [0.1, 0.15) is 16.7 Å². The van der Waals surface area contributed by atoms with Crippen LogP contribution in [0.15, 0.2) is 77.7 Å². The lowest BCUT2D eigenvalue weighted by Gasteiger charge is -2.14. The van der Waals surface area contributed by atoms with Crippen molar-refractivity contribution in [1.82, 2.24) is 4.90 Å². The van der Waals surface area contributed by atoms with Gasteiger partial charge in [-0.15, -0.1) is 0 Å². The molecule has 3 aromatic rings. The van der Waals surface area contributed by atoms with E-state index >= 15 is 0 Å². The lowest BCUT2D eigenvalue weighted by Crippen LogP contribution is -2.30. The zero-order valence-corrected chi connectivity index (χ0v) is 20.4. The number of para-hydroxylation sites is 1. The number of ether oxygens (including phenoxy) is 2. The molecule has 0 spiro atoms. The molecule has 1 saturated heterocycles. The van der Waals surface area contributed by atoms with Crippen LogP contribution in [0.3, 0.4) is 0 Å². The quantitative estimate of drug-likeness (QED) is 0.268. The van der Waals surface area contributed by atoms with Crippen LogP contribution in [0.2, 0.25) is 5.02 Å². The second-order valence-electron chi connectivity index (χ2n) is 7.35. The maximum atomic E-state index is 13.0. The molecule has 0 radical (unpaired) electrons. The van der Waals surface area contributed by atoms with Gasteiger partial charge < -0.3 is 9.47 Å². The van der Waals surface area contributed by atoms with Crippen molar-refractivity contribution >= 4 is 51.9 Å². The lowest BCUT2D eigenvalue weighted by atomic mass is 10.1. The summed E-state index contributed by atoms with van der Waals surface area (Å²) < 4.78 is 11.8. The van der Waals surface area contributed by atoms with E-state index in [1.54, 1.807) is 12.0 Å². The Morgan fingerprint density at radius 2 is 1.76 bits per heavy atom. The summed E-state index contributed by atoms with van der Waals surface area (Å²) in [4.78, 5) is 15.3. The second kappa shape index (κ2) is 10.9. The Morgan fingerprint density at radius 1 is 1.03 bits per heavy atom. The molecule has 3 aromatic carbocycles. The number of halogens is 1. The molecule has 7 heteroatoms. The number of carbonyl (C=O) groups excluding carboxylic acids is 1. The van der Waals surface area contributed by atoms with E-state index in [4.69, 9.17) is 33.3 Å². The number of thioether (sulfide) groups is 1. The minimum Gasteiger partial charge on any atom is -0.497 e. The first-order valence-corrected chi connectivity index (χ1v) is 12.0. The molecule has 4 rings (SSSR count). The highest BCUT2D eigenvalue weighted by molar-refractivity contribution is 8.26. The predicted octanol–water partition coefficient (Wildman–Crippen LogP) is 6.37. The molecular weight excluding hydrogens is 474 g/mol. The van der Waals surface area contributed by atoms with Gasteiger partial charge in [0.25, 0.3) is 5.91 Å². The number of benzene rings is 3. The van der Waals surface area contributed by atoms with E-state index in [-0.39, 0.29) is 5.91 Å². The summed E-state index contributed by atoms with van der Waals surface area (Å²) in [5, 5.41) is 0.660. The smallest absolute Gasteiger partial charge is 0.266 e. The number of amides is 1. The SMILES string of the molecule is COc1ccc(CCN2C(=O)/C(=C/c3ccccc3OCc3ccccc3Cl)SC2=S)cc1. The predicted molar refractivity (Wildman–Crippen MR) is 139 cm³/mol. The van der Waals surface area contributed by atoms with E-state index < -0.39 is 0 Å². The number of carbonyl (C=O) groups is 1.